The quantitative estimate of drug-likeness (QED) is 0.666. The van der Waals surface area contributed by atoms with Crippen molar-refractivity contribution in [1.29, 1.82) is 0 Å². The molecule has 17 heavy (non-hydrogen) atoms. The van der Waals surface area contributed by atoms with Crippen LogP contribution in [0.3, 0.4) is 0 Å². The summed E-state index contributed by atoms with van der Waals surface area (Å²) in [6, 6.07) is 0. The molecule has 1 saturated carbocycles. The van der Waals surface area contributed by atoms with Crippen molar-refractivity contribution in [2.75, 3.05) is 19.8 Å². The normalized spacial score (nSPS) is 18.9. The molecule has 0 spiro atoms. The molecule has 3 N–H and O–H groups in total. The number of amides is 1. The maximum absolute atomic E-state index is 11.8. The second-order valence-corrected chi connectivity index (χ2v) is 4.89. The standard InChI is InChI=1S/C13H26N2O2/c1-2-17-10-6-7-12(16)15-13(11-14)8-4-3-5-9-13/h2-11,14H2,1H3,(H,15,16). The Kier molecular flexibility index (Phi) is 6.52. The molecule has 0 aromatic rings. The van der Waals surface area contributed by atoms with Gasteiger partial charge in [-0.05, 0) is 26.2 Å². The SMILES string of the molecule is CCOCCCC(=O)NC1(CN)CCCCC1. The maximum atomic E-state index is 11.8. The zero-order valence-corrected chi connectivity index (χ0v) is 11.0. The van der Waals surface area contributed by atoms with Gasteiger partial charge in [-0.3, -0.25) is 4.79 Å². The Morgan fingerprint density at radius 1 is 1.35 bits per heavy atom. The van der Waals surface area contributed by atoms with Crippen molar-refractivity contribution in [3.05, 3.63) is 0 Å². The van der Waals surface area contributed by atoms with E-state index >= 15 is 0 Å². The predicted molar refractivity (Wildman–Crippen MR) is 68.7 cm³/mol. The molecule has 0 unspecified atom stereocenters. The molecule has 1 fully saturated rings. The molecule has 0 radical (unpaired) electrons. The van der Waals surface area contributed by atoms with E-state index in [0.29, 0.717) is 26.2 Å². The summed E-state index contributed by atoms with van der Waals surface area (Å²) in [5.41, 5.74) is 5.70. The van der Waals surface area contributed by atoms with Gasteiger partial charge in [0.05, 0.1) is 5.54 Å². The molecule has 4 nitrogen and oxygen atoms in total. The van der Waals surface area contributed by atoms with Gasteiger partial charge in [0.15, 0.2) is 0 Å². The van der Waals surface area contributed by atoms with Crippen LogP contribution in [0.5, 0.6) is 0 Å². The third-order valence-electron chi connectivity index (χ3n) is 3.50. The van der Waals surface area contributed by atoms with Gasteiger partial charge in [-0.15, -0.1) is 0 Å². The molecule has 100 valence electrons. The van der Waals surface area contributed by atoms with Gasteiger partial charge >= 0.3 is 0 Å². The van der Waals surface area contributed by atoms with E-state index in [-0.39, 0.29) is 11.4 Å². The molecule has 1 rings (SSSR count). The fraction of sp³-hybridized carbons (Fsp3) is 0.923. The van der Waals surface area contributed by atoms with E-state index in [2.05, 4.69) is 5.32 Å². The molecule has 0 bridgehead atoms. The molecule has 0 saturated heterocycles. The second-order valence-electron chi connectivity index (χ2n) is 4.89. The molecule has 0 heterocycles. The minimum absolute atomic E-state index is 0.122. The van der Waals surface area contributed by atoms with Crippen molar-refractivity contribution in [2.45, 2.75) is 57.4 Å². The van der Waals surface area contributed by atoms with Crippen molar-refractivity contribution in [3.63, 3.8) is 0 Å². The highest BCUT2D eigenvalue weighted by molar-refractivity contribution is 5.76. The van der Waals surface area contributed by atoms with Gasteiger partial charge < -0.3 is 15.8 Å². The van der Waals surface area contributed by atoms with Crippen molar-refractivity contribution >= 4 is 5.91 Å². The molecule has 1 aliphatic rings. The Bertz CT molecular complexity index is 225. The van der Waals surface area contributed by atoms with E-state index in [4.69, 9.17) is 10.5 Å². The summed E-state index contributed by atoms with van der Waals surface area (Å²) >= 11 is 0. The van der Waals surface area contributed by atoms with Crippen LogP contribution in [-0.2, 0) is 9.53 Å². The average Bonchev–Trinajstić information content (AvgIpc) is 2.36. The number of carbonyl (C=O) groups excluding carboxylic acids is 1. The Morgan fingerprint density at radius 3 is 2.65 bits per heavy atom. The van der Waals surface area contributed by atoms with E-state index in [0.717, 1.165) is 19.3 Å². The van der Waals surface area contributed by atoms with Crippen LogP contribution in [0.4, 0.5) is 0 Å². The lowest BCUT2D eigenvalue weighted by Crippen LogP contribution is -2.54. The first-order valence-corrected chi connectivity index (χ1v) is 6.81. The third-order valence-corrected chi connectivity index (χ3v) is 3.50. The number of carbonyl (C=O) groups is 1. The van der Waals surface area contributed by atoms with Crippen LogP contribution in [0.1, 0.15) is 51.9 Å². The summed E-state index contributed by atoms with van der Waals surface area (Å²) in [4.78, 5) is 11.8. The molecule has 1 aliphatic carbocycles. The molecule has 0 aliphatic heterocycles. The van der Waals surface area contributed by atoms with Crippen LogP contribution in [0.25, 0.3) is 0 Å². The summed E-state index contributed by atoms with van der Waals surface area (Å²) in [5, 5.41) is 3.14. The molecular formula is C13H26N2O2. The van der Waals surface area contributed by atoms with E-state index in [1.807, 2.05) is 6.92 Å². The Hall–Kier alpha value is -0.610. The molecule has 4 heteroatoms. The molecule has 1 amide bonds. The van der Waals surface area contributed by atoms with Crippen LogP contribution in [0, 0.1) is 0 Å². The smallest absolute Gasteiger partial charge is 0.220 e. The fourth-order valence-corrected chi connectivity index (χ4v) is 2.45. The predicted octanol–water partition coefficient (Wildman–Crippen LogP) is 1.58. The number of ether oxygens (including phenoxy) is 1. The zero-order chi connectivity index (χ0) is 12.6. The highest BCUT2D eigenvalue weighted by atomic mass is 16.5. The highest BCUT2D eigenvalue weighted by Crippen LogP contribution is 2.27. The van der Waals surface area contributed by atoms with Crippen molar-refractivity contribution in [2.24, 2.45) is 5.73 Å². The summed E-state index contributed by atoms with van der Waals surface area (Å²) in [5.74, 6) is 0.122. The van der Waals surface area contributed by atoms with Gasteiger partial charge in [0, 0.05) is 26.2 Å². The van der Waals surface area contributed by atoms with Gasteiger partial charge in [0.25, 0.3) is 0 Å². The van der Waals surface area contributed by atoms with Gasteiger partial charge in [-0.1, -0.05) is 19.3 Å². The molecular weight excluding hydrogens is 216 g/mol. The first kappa shape index (κ1) is 14.5. The second kappa shape index (κ2) is 7.67. The number of hydrogen-bond acceptors (Lipinski definition) is 3. The van der Waals surface area contributed by atoms with E-state index in [9.17, 15) is 4.79 Å². The molecule has 0 aromatic carbocycles. The van der Waals surface area contributed by atoms with E-state index in [1.165, 1.54) is 19.3 Å². The summed E-state index contributed by atoms with van der Waals surface area (Å²) in [6.07, 6.45) is 7.01. The largest absolute Gasteiger partial charge is 0.382 e. The number of nitrogens with one attached hydrogen (secondary N) is 1. The monoisotopic (exact) mass is 242 g/mol. The molecule has 0 aromatic heterocycles. The lowest BCUT2D eigenvalue weighted by molar-refractivity contribution is -0.123. The topological polar surface area (TPSA) is 64.3 Å². The van der Waals surface area contributed by atoms with Crippen LogP contribution in [-0.4, -0.2) is 31.2 Å². The highest BCUT2D eigenvalue weighted by Gasteiger charge is 2.31. The number of rotatable bonds is 7. The van der Waals surface area contributed by atoms with Gasteiger partial charge in [0.1, 0.15) is 0 Å². The van der Waals surface area contributed by atoms with Crippen molar-refractivity contribution in [1.82, 2.24) is 5.32 Å². The summed E-state index contributed by atoms with van der Waals surface area (Å²) in [6.45, 7) is 3.91. The molecule has 0 atom stereocenters. The van der Waals surface area contributed by atoms with E-state index < -0.39 is 0 Å². The number of nitrogens with two attached hydrogens (primary N) is 1. The lowest BCUT2D eigenvalue weighted by atomic mass is 9.81. The van der Waals surface area contributed by atoms with Crippen LogP contribution < -0.4 is 11.1 Å². The average molecular weight is 242 g/mol. The summed E-state index contributed by atoms with van der Waals surface area (Å²) < 4.78 is 5.22. The fourth-order valence-electron chi connectivity index (χ4n) is 2.45. The first-order chi connectivity index (χ1) is 8.22. The van der Waals surface area contributed by atoms with Crippen LogP contribution in [0.15, 0.2) is 0 Å². The van der Waals surface area contributed by atoms with Crippen LogP contribution >= 0.6 is 0 Å². The minimum Gasteiger partial charge on any atom is -0.382 e. The van der Waals surface area contributed by atoms with Crippen LogP contribution in [0.2, 0.25) is 0 Å². The number of hydrogen-bond donors (Lipinski definition) is 2. The van der Waals surface area contributed by atoms with Crippen molar-refractivity contribution in [3.8, 4) is 0 Å². The summed E-state index contributed by atoms with van der Waals surface area (Å²) in [7, 11) is 0. The Morgan fingerprint density at radius 2 is 2.06 bits per heavy atom. The Labute approximate surface area is 104 Å². The van der Waals surface area contributed by atoms with E-state index in [1.54, 1.807) is 0 Å². The third kappa shape index (κ3) is 5.04. The van der Waals surface area contributed by atoms with Gasteiger partial charge in [-0.25, -0.2) is 0 Å². The maximum Gasteiger partial charge on any atom is 0.220 e. The van der Waals surface area contributed by atoms with Crippen molar-refractivity contribution < 1.29 is 9.53 Å². The zero-order valence-electron chi connectivity index (χ0n) is 11.0. The minimum atomic E-state index is -0.124. The Balaban J connectivity index is 2.27. The van der Waals surface area contributed by atoms with Gasteiger partial charge in [-0.2, -0.15) is 0 Å². The lowest BCUT2D eigenvalue weighted by Gasteiger charge is -2.37. The first-order valence-electron chi connectivity index (χ1n) is 6.81. The van der Waals surface area contributed by atoms with Gasteiger partial charge in [0.2, 0.25) is 5.91 Å².